The molecule has 0 saturated heterocycles. The number of hydrogen-bond donors (Lipinski definition) is 1. The molecular weight excluding hydrogens is 416 g/mol. The lowest BCUT2D eigenvalue weighted by Gasteiger charge is -2.03. The predicted molar refractivity (Wildman–Crippen MR) is 124 cm³/mol. The number of hydrogen-bond acceptors (Lipinski definition) is 5. The first-order chi connectivity index (χ1) is 16.3. The number of nitrogens with zero attached hydrogens (tertiary/aromatic N) is 5. The van der Waals surface area contributed by atoms with Gasteiger partial charge in [0.2, 0.25) is 0 Å². The molecule has 8 nitrogen and oxygen atoms in total. The molecule has 0 aliphatic carbocycles. The van der Waals surface area contributed by atoms with Crippen molar-refractivity contribution in [2.75, 3.05) is 6.54 Å². The molecule has 4 heterocycles. The van der Waals surface area contributed by atoms with E-state index in [2.05, 4.69) is 20.6 Å². The summed E-state index contributed by atoms with van der Waals surface area (Å²) in [7, 11) is 0. The molecule has 0 saturated carbocycles. The maximum absolute atomic E-state index is 13.0. The Hall–Kier alpha value is -4.46. The molecule has 33 heavy (non-hydrogen) atoms. The van der Waals surface area contributed by atoms with Crippen LogP contribution in [-0.2, 0) is 13.0 Å². The van der Waals surface area contributed by atoms with Crippen molar-refractivity contribution in [1.82, 2.24) is 29.7 Å². The van der Waals surface area contributed by atoms with Gasteiger partial charge in [-0.3, -0.25) is 13.9 Å². The molecule has 4 aromatic heterocycles. The topological polar surface area (TPSA) is 90.3 Å². The molecule has 0 unspecified atom stereocenters. The summed E-state index contributed by atoms with van der Waals surface area (Å²) in [5.74, 6) is 1.37. The van der Waals surface area contributed by atoms with E-state index in [4.69, 9.17) is 4.42 Å². The number of benzene rings is 2. The zero-order chi connectivity index (χ0) is 22.2. The molecule has 6 aromatic rings. The van der Waals surface area contributed by atoms with Crippen LogP contribution in [0.2, 0.25) is 0 Å². The largest absolute Gasteiger partial charge is 0.459 e. The lowest BCUT2D eigenvalue weighted by Crippen LogP contribution is -2.27. The van der Waals surface area contributed by atoms with Gasteiger partial charge in [-0.15, -0.1) is 10.2 Å². The lowest BCUT2D eigenvalue weighted by atomic mass is 10.2. The predicted octanol–water partition coefficient (Wildman–Crippen LogP) is 3.85. The Morgan fingerprint density at radius 1 is 0.970 bits per heavy atom. The van der Waals surface area contributed by atoms with Crippen LogP contribution in [0.5, 0.6) is 0 Å². The number of fused-ring (bicyclic) bond motifs is 3. The number of aromatic nitrogens is 5. The highest BCUT2D eigenvalue weighted by molar-refractivity contribution is 6.04. The van der Waals surface area contributed by atoms with Gasteiger partial charge in [0.1, 0.15) is 17.2 Å². The van der Waals surface area contributed by atoms with E-state index in [1.807, 2.05) is 88.1 Å². The number of para-hydroxylation sites is 2. The highest BCUT2D eigenvalue weighted by atomic mass is 16.3. The van der Waals surface area contributed by atoms with Gasteiger partial charge in [0.15, 0.2) is 11.3 Å². The van der Waals surface area contributed by atoms with E-state index in [0.29, 0.717) is 25.2 Å². The molecule has 6 rings (SSSR count). The Morgan fingerprint density at radius 2 is 1.82 bits per heavy atom. The first-order valence-corrected chi connectivity index (χ1v) is 10.8. The molecule has 0 fully saturated rings. The van der Waals surface area contributed by atoms with Gasteiger partial charge in [-0.05, 0) is 30.3 Å². The second-order valence-electron chi connectivity index (χ2n) is 7.82. The summed E-state index contributed by atoms with van der Waals surface area (Å²) >= 11 is 0. The molecule has 8 heteroatoms. The molecule has 0 atom stereocenters. The third-order valence-electron chi connectivity index (χ3n) is 5.67. The van der Waals surface area contributed by atoms with Gasteiger partial charge in [0, 0.05) is 29.9 Å². The van der Waals surface area contributed by atoms with Crippen LogP contribution < -0.4 is 5.32 Å². The Kier molecular flexibility index (Phi) is 4.61. The van der Waals surface area contributed by atoms with Gasteiger partial charge in [0.25, 0.3) is 5.91 Å². The van der Waals surface area contributed by atoms with Crippen molar-refractivity contribution >= 4 is 33.4 Å². The minimum atomic E-state index is -0.219. The average molecular weight is 436 g/mol. The smallest absolute Gasteiger partial charge is 0.272 e. The van der Waals surface area contributed by atoms with E-state index in [1.165, 1.54) is 0 Å². The number of furan rings is 1. The highest BCUT2D eigenvalue weighted by Gasteiger charge is 2.18. The maximum Gasteiger partial charge on any atom is 0.272 e. The second-order valence-corrected chi connectivity index (χ2v) is 7.82. The summed E-state index contributed by atoms with van der Waals surface area (Å²) < 4.78 is 9.69. The third kappa shape index (κ3) is 3.51. The molecule has 0 bridgehead atoms. The second kappa shape index (κ2) is 7.90. The van der Waals surface area contributed by atoms with Crippen molar-refractivity contribution in [2.24, 2.45) is 0 Å². The van der Waals surface area contributed by atoms with E-state index in [0.717, 1.165) is 39.1 Å². The van der Waals surface area contributed by atoms with Crippen LogP contribution >= 0.6 is 0 Å². The molecule has 0 spiro atoms. The number of carbonyl (C=O) groups is 1. The zero-order valence-electron chi connectivity index (χ0n) is 17.7. The van der Waals surface area contributed by atoms with Crippen molar-refractivity contribution in [2.45, 2.75) is 13.0 Å². The SMILES string of the molecule is O=C(NCCc1nnc2ccccn12)c1nn(Cc2cc3ccccc3o2)c2ccccc12. The quantitative estimate of drug-likeness (QED) is 0.428. The summed E-state index contributed by atoms with van der Waals surface area (Å²) in [5, 5.41) is 17.8. The van der Waals surface area contributed by atoms with Crippen LogP contribution in [0.15, 0.2) is 83.4 Å². The van der Waals surface area contributed by atoms with Crippen LogP contribution in [0.3, 0.4) is 0 Å². The molecule has 0 aliphatic heterocycles. The Bertz CT molecular complexity index is 1580. The first-order valence-electron chi connectivity index (χ1n) is 10.8. The molecule has 2 aromatic carbocycles. The monoisotopic (exact) mass is 436 g/mol. The van der Waals surface area contributed by atoms with Crippen molar-refractivity contribution in [3.05, 3.63) is 96.3 Å². The van der Waals surface area contributed by atoms with Gasteiger partial charge >= 0.3 is 0 Å². The van der Waals surface area contributed by atoms with Crippen molar-refractivity contribution < 1.29 is 9.21 Å². The average Bonchev–Trinajstić information content (AvgIpc) is 3.55. The number of pyridine rings is 1. The summed E-state index contributed by atoms with van der Waals surface area (Å²) in [6.07, 6.45) is 2.48. The highest BCUT2D eigenvalue weighted by Crippen LogP contribution is 2.23. The van der Waals surface area contributed by atoms with Crippen molar-refractivity contribution in [1.29, 1.82) is 0 Å². The van der Waals surface area contributed by atoms with Crippen LogP contribution in [0, 0.1) is 0 Å². The molecule has 0 aliphatic rings. The van der Waals surface area contributed by atoms with E-state index in [9.17, 15) is 4.79 Å². The fourth-order valence-electron chi connectivity index (χ4n) is 4.11. The zero-order valence-corrected chi connectivity index (χ0v) is 17.7. The molecule has 162 valence electrons. The van der Waals surface area contributed by atoms with Gasteiger partial charge in [-0.2, -0.15) is 5.10 Å². The van der Waals surface area contributed by atoms with Gasteiger partial charge in [-0.25, -0.2) is 0 Å². The fourth-order valence-corrected chi connectivity index (χ4v) is 4.11. The number of carbonyl (C=O) groups excluding carboxylic acids is 1. The molecular formula is C25H20N6O2. The maximum atomic E-state index is 13.0. The molecule has 1 N–H and O–H groups in total. The lowest BCUT2D eigenvalue weighted by molar-refractivity contribution is 0.0949. The van der Waals surface area contributed by atoms with Crippen LogP contribution in [0.1, 0.15) is 22.1 Å². The van der Waals surface area contributed by atoms with Crippen molar-refractivity contribution in [3.63, 3.8) is 0 Å². The number of amides is 1. The van der Waals surface area contributed by atoms with E-state index in [1.54, 1.807) is 0 Å². The van der Waals surface area contributed by atoms with Crippen LogP contribution in [0.25, 0.3) is 27.5 Å². The number of rotatable bonds is 6. The Balaban J connectivity index is 1.23. The standard InChI is InChI=1S/C25H20N6O2/c32-25(26-13-12-23-28-27-22-11-5-6-14-30(22)23)24-19-8-2-3-9-20(19)31(29-24)16-18-15-17-7-1-4-10-21(17)33-18/h1-11,14-15H,12-13,16H2,(H,26,32). The Morgan fingerprint density at radius 3 is 2.76 bits per heavy atom. The first kappa shape index (κ1) is 19.2. The van der Waals surface area contributed by atoms with Crippen LogP contribution in [-0.4, -0.2) is 36.8 Å². The summed E-state index contributed by atoms with van der Waals surface area (Å²) in [5.41, 5.74) is 2.90. The van der Waals surface area contributed by atoms with Gasteiger partial charge < -0.3 is 9.73 Å². The normalized spacial score (nSPS) is 11.5. The number of nitrogens with one attached hydrogen (secondary N) is 1. The van der Waals surface area contributed by atoms with E-state index in [-0.39, 0.29) is 5.91 Å². The summed E-state index contributed by atoms with van der Waals surface area (Å²) in [6.45, 7) is 0.869. The molecule has 0 radical (unpaired) electrons. The minimum Gasteiger partial charge on any atom is -0.459 e. The van der Waals surface area contributed by atoms with Crippen molar-refractivity contribution in [3.8, 4) is 0 Å². The van der Waals surface area contributed by atoms with Gasteiger partial charge in [-0.1, -0.05) is 42.5 Å². The molecule has 1 amide bonds. The third-order valence-corrected chi connectivity index (χ3v) is 5.67. The van der Waals surface area contributed by atoms with E-state index >= 15 is 0 Å². The Labute approximate surface area is 188 Å². The fraction of sp³-hybridized carbons (Fsp3) is 0.120. The van der Waals surface area contributed by atoms with E-state index < -0.39 is 0 Å². The van der Waals surface area contributed by atoms with Crippen LogP contribution in [0.4, 0.5) is 0 Å². The summed E-state index contributed by atoms with van der Waals surface area (Å²) in [4.78, 5) is 13.0. The summed E-state index contributed by atoms with van der Waals surface area (Å²) in [6, 6.07) is 23.4. The van der Waals surface area contributed by atoms with Gasteiger partial charge in [0.05, 0.1) is 12.1 Å². The minimum absolute atomic E-state index is 0.219.